The summed E-state index contributed by atoms with van der Waals surface area (Å²) < 4.78 is 0. The van der Waals surface area contributed by atoms with E-state index in [2.05, 4.69) is 23.7 Å². The van der Waals surface area contributed by atoms with Gasteiger partial charge in [0.1, 0.15) is 0 Å². The zero-order valence-electron chi connectivity index (χ0n) is 9.58. The largest absolute Gasteiger partial charge is 0.253 e. The topological polar surface area (TPSA) is 12.4 Å². The van der Waals surface area contributed by atoms with Gasteiger partial charge in [0.15, 0.2) is 0 Å². The molecule has 1 heterocycles. The first-order chi connectivity index (χ1) is 7.09. The van der Waals surface area contributed by atoms with E-state index in [4.69, 9.17) is 12.2 Å². The molecular weight excluding hydrogens is 202 g/mol. The normalized spacial score (nSPS) is 16.7. The van der Waals surface area contributed by atoms with Gasteiger partial charge < -0.3 is 0 Å². The number of thiocarbonyl (C=S) groups is 1. The highest BCUT2D eigenvalue weighted by atomic mass is 32.1. The lowest BCUT2D eigenvalue weighted by molar-refractivity contribution is 0.614. The first-order valence-electron chi connectivity index (χ1n) is 5.24. The van der Waals surface area contributed by atoms with Gasteiger partial charge in [-0.05, 0) is 55.2 Å². The monoisotopic (exact) mass is 219 g/mol. The summed E-state index contributed by atoms with van der Waals surface area (Å²) in [6, 6.07) is 0. The minimum Gasteiger partial charge on any atom is -0.253 e. The smallest absolute Gasteiger partial charge is 0.0689 e. The van der Waals surface area contributed by atoms with Gasteiger partial charge in [0.25, 0.3) is 0 Å². The van der Waals surface area contributed by atoms with Gasteiger partial charge in [-0.2, -0.15) is 0 Å². The molecule has 0 saturated carbocycles. The van der Waals surface area contributed by atoms with E-state index in [1.807, 2.05) is 19.9 Å². The number of nitrogens with zero attached hydrogens (tertiary/aromatic N) is 1. The van der Waals surface area contributed by atoms with Crippen molar-refractivity contribution in [3.63, 3.8) is 0 Å². The molecule has 1 nitrogen and oxygen atoms in total. The Morgan fingerprint density at radius 3 is 3.00 bits per heavy atom. The van der Waals surface area contributed by atoms with Crippen molar-refractivity contribution in [3.05, 3.63) is 29.7 Å². The minimum atomic E-state index is 0.588. The van der Waals surface area contributed by atoms with Gasteiger partial charge >= 0.3 is 0 Å². The van der Waals surface area contributed by atoms with E-state index in [0.717, 1.165) is 23.4 Å². The highest BCUT2D eigenvalue weighted by Gasteiger charge is 2.09. The van der Waals surface area contributed by atoms with Crippen molar-refractivity contribution >= 4 is 22.8 Å². The van der Waals surface area contributed by atoms with Crippen molar-refractivity contribution in [1.82, 2.24) is 0 Å². The Kier molecular flexibility index (Phi) is 4.67. The number of hydrogen-bond donors (Lipinski definition) is 0. The first kappa shape index (κ1) is 12.1. The zero-order valence-corrected chi connectivity index (χ0v) is 10.4. The third-order valence-electron chi connectivity index (χ3n) is 2.38. The SMILES string of the molecule is CC(=S)CC(C)CC1=CC=C=CN=C1C. The van der Waals surface area contributed by atoms with Crippen LogP contribution in [0.4, 0.5) is 0 Å². The lowest BCUT2D eigenvalue weighted by Crippen LogP contribution is -2.06. The molecule has 2 heteroatoms. The van der Waals surface area contributed by atoms with Crippen LogP contribution >= 0.6 is 12.2 Å². The maximum absolute atomic E-state index is 5.12. The summed E-state index contributed by atoms with van der Waals surface area (Å²) in [6.07, 6.45) is 7.78. The van der Waals surface area contributed by atoms with Crippen molar-refractivity contribution in [1.29, 1.82) is 0 Å². The summed E-state index contributed by atoms with van der Waals surface area (Å²) >= 11 is 5.12. The van der Waals surface area contributed by atoms with E-state index >= 15 is 0 Å². The van der Waals surface area contributed by atoms with Crippen molar-refractivity contribution in [2.45, 2.75) is 33.6 Å². The lowest BCUT2D eigenvalue weighted by Gasteiger charge is -2.12. The Morgan fingerprint density at radius 2 is 2.33 bits per heavy atom. The van der Waals surface area contributed by atoms with Crippen LogP contribution in [0.15, 0.2) is 34.6 Å². The molecule has 0 aliphatic carbocycles. The molecule has 15 heavy (non-hydrogen) atoms. The fourth-order valence-electron chi connectivity index (χ4n) is 1.68. The highest BCUT2D eigenvalue weighted by Crippen LogP contribution is 2.18. The van der Waals surface area contributed by atoms with Gasteiger partial charge in [-0.15, -0.1) is 5.73 Å². The standard InChI is InChI=1S/C13H17NS/c1-10(8-11(2)15)9-13-6-4-5-7-14-12(13)3/h4,6-7,10H,8-9H2,1-3H3. The van der Waals surface area contributed by atoms with Gasteiger partial charge in [-0.25, -0.2) is 0 Å². The predicted octanol–water partition coefficient (Wildman–Crippen LogP) is 3.86. The lowest BCUT2D eigenvalue weighted by atomic mass is 9.94. The second-order valence-electron chi connectivity index (χ2n) is 4.08. The quantitative estimate of drug-likeness (QED) is 0.516. The van der Waals surface area contributed by atoms with Crippen molar-refractivity contribution in [2.75, 3.05) is 0 Å². The third-order valence-corrected chi connectivity index (χ3v) is 2.55. The average molecular weight is 219 g/mol. The fraction of sp³-hybridized carbons (Fsp3) is 0.462. The van der Waals surface area contributed by atoms with Crippen LogP contribution in [0.5, 0.6) is 0 Å². The van der Waals surface area contributed by atoms with Crippen LogP contribution in [0, 0.1) is 5.92 Å². The van der Waals surface area contributed by atoms with E-state index in [1.54, 1.807) is 6.20 Å². The third kappa shape index (κ3) is 4.37. The van der Waals surface area contributed by atoms with E-state index in [-0.39, 0.29) is 0 Å². The van der Waals surface area contributed by atoms with Crippen LogP contribution in [-0.2, 0) is 0 Å². The van der Waals surface area contributed by atoms with E-state index in [1.165, 1.54) is 5.57 Å². The average Bonchev–Trinajstić information content (AvgIpc) is 2.30. The summed E-state index contributed by atoms with van der Waals surface area (Å²) in [5.41, 5.74) is 5.36. The molecule has 1 aliphatic rings. The molecule has 0 aromatic heterocycles. The van der Waals surface area contributed by atoms with E-state index in [0.29, 0.717) is 5.92 Å². The Hall–Kier alpha value is -0.980. The Labute approximate surface area is 97.3 Å². The molecule has 0 fully saturated rings. The Morgan fingerprint density at radius 1 is 1.60 bits per heavy atom. The van der Waals surface area contributed by atoms with E-state index in [9.17, 15) is 0 Å². The van der Waals surface area contributed by atoms with Crippen LogP contribution in [0.3, 0.4) is 0 Å². The molecule has 80 valence electrons. The second kappa shape index (κ2) is 5.79. The van der Waals surface area contributed by atoms with Crippen LogP contribution in [0.1, 0.15) is 33.6 Å². The maximum Gasteiger partial charge on any atom is 0.0689 e. The maximum atomic E-state index is 5.12. The fourth-order valence-corrected chi connectivity index (χ4v) is 1.97. The first-order valence-corrected chi connectivity index (χ1v) is 5.64. The summed E-state index contributed by atoms with van der Waals surface area (Å²) in [6.45, 7) is 6.28. The molecule has 1 atom stereocenters. The molecule has 1 rings (SSSR count). The molecule has 0 amide bonds. The molecule has 0 radical (unpaired) electrons. The van der Waals surface area contributed by atoms with Crippen molar-refractivity contribution in [3.8, 4) is 0 Å². The summed E-state index contributed by atoms with van der Waals surface area (Å²) in [5.74, 6) is 0.588. The molecule has 0 spiro atoms. The summed E-state index contributed by atoms with van der Waals surface area (Å²) in [5, 5.41) is 0. The molecule has 1 unspecified atom stereocenters. The molecule has 0 N–H and O–H groups in total. The Balaban J connectivity index is 2.62. The number of allylic oxidation sites excluding steroid dienone is 3. The van der Waals surface area contributed by atoms with Gasteiger partial charge in [-0.3, -0.25) is 4.99 Å². The van der Waals surface area contributed by atoms with Crippen molar-refractivity contribution in [2.24, 2.45) is 10.9 Å². The molecule has 0 aromatic rings. The number of hydrogen-bond acceptors (Lipinski definition) is 2. The highest BCUT2D eigenvalue weighted by molar-refractivity contribution is 7.80. The van der Waals surface area contributed by atoms with Crippen LogP contribution < -0.4 is 0 Å². The van der Waals surface area contributed by atoms with Crippen molar-refractivity contribution < 1.29 is 0 Å². The summed E-state index contributed by atoms with van der Waals surface area (Å²) in [7, 11) is 0. The number of rotatable bonds is 4. The van der Waals surface area contributed by atoms with Gasteiger partial charge in [0.05, 0.1) is 6.20 Å². The van der Waals surface area contributed by atoms with E-state index < -0.39 is 0 Å². The Bertz CT molecular complexity index is 368. The van der Waals surface area contributed by atoms with Crippen LogP contribution in [0.2, 0.25) is 0 Å². The summed E-state index contributed by atoms with van der Waals surface area (Å²) in [4.78, 5) is 5.37. The van der Waals surface area contributed by atoms with Gasteiger partial charge in [0, 0.05) is 5.71 Å². The number of aliphatic imine (C=N–C) groups is 1. The molecular formula is C13H17NS. The second-order valence-corrected chi connectivity index (χ2v) is 4.78. The molecule has 0 saturated heterocycles. The van der Waals surface area contributed by atoms with Crippen LogP contribution in [0.25, 0.3) is 0 Å². The van der Waals surface area contributed by atoms with Gasteiger partial charge in [-0.1, -0.05) is 19.1 Å². The van der Waals surface area contributed by atoms with Crippen LogP contribution in [-0.4, -0.2) is 10.6 Å². The minimum absolute atomic E-state index is 0.588. The molecule has 0 aromatic carbocycles. The predicted molar refractivity (Wildman–Crippen MR) is 70.5 cm³/mol. The molecule has 1 aliphatic heterocycles. The zero-order chi connectivity index (χ0) is 11.3. The van der Waals surface area contributed by atoms with Gasteiger partial charge in [0.2, 0.25) is 0 Å². The molecule has 0 bridgehead atoms.